The summed E-state index contributed by atoms with van der Waals surface area (Å²) in [7, 11) is -2.14. The number of rotatable bonds is 2. The number of benzene rings is 1. The van der Waals surface area contributed by atoms with Crippen LogP contribution in [0.3, 0.4) is 0 Å². The standard InChI is InChI=1S/C9H13NOS/c1-8-5-4-6-9(7-8)10-12(2,3)11/h4-7H,2H2,1,3H3,(H,10,11). The molecule has 0 bridgehead atoms. The first kappa shape index (κ1) is 9.13. The van der Waals surface area contributed by atoms with E-state index in [1.165, 1.54) is 0 Å². The molecule has 0 aromatic heterocycles. The van der Waals surface area contributed by atoms with Gasteiger partial charge in [-0.25, -0.2) is 4.21 Å². The number of aryl methyl sites for hydroxylation is 1. The van der Waals surface area contributed by atoms with Crippen molar-refractivity contribution >= 4 is 21.3 Å². The Morgan fingerprint density at radius 2 is 2.17 bits per heavy atom. The third-order valence-electron chi connectivity index (χ3n) is 1.35. The van der Waals surface area contributed by atoms with Crippen LogP contribution in [-0.2, 0) is 9.71 Å². The van der Waals surface area contributed by atoms with E-state index in [-0.39, 0.29) is 0 Å². The molecule has 0 saturated carbocycles. The Balaban J connectivity index is 2.91. The molecule has 1 N–H and O–H groups in total. The maximum Gasteiger partial charge on any atom is 0.0459 e. The Morgan fingerprint density at radius 3 is 2.67 bits per heavy atom. The van der Waals surface area contributed by atoms with Crippen LogP contribution in [0.4, 0.5) is 5.69 Å². The normalized spacial score (nSPS) is 15.2. The fraction of sp³-hybridized carbons (Fsp3) is 0.222. The summed E-state index contributed by atoms with van der Waals surface area (Å²) in [5.41, 5.74) is 2.00. The van der Waals surface area contributed by atoms with Crippen molar-refractivity contribution < 1.29 is 4.21 Å². The summed E-state index contributed by atoms with van der Waals surface area (Å²) in [4.78, 5) is 0. The van der Waals surface area contributed by atoms with Crippen LogP contribution in [0.2, 0.25) is 0 Å². The van der Waals surface area contributed by atoms with Gasteiger partial charge in [-0.2, -0.15) is 0 Å². The summed E-state index contributed by atoms with van der Waals surface area (Å²) in [6.45, 7) is 1.99. The molecule has 0 aliphatic carbocycles. The van der Waals surface area contributed by atoms with Gasteiger partial charge in [-0.3, -0.25) is 0 Å². The van der Waals surface area contributed by atoms with Gasteiger partial charge in [0.2, 0.25) is 0 Å². The fourth-order valence-corrected chi connectivity index (χ4v) is 1.58. The minimum atomic E-state index is -2.14. The van der Waals surface area contributed by atoms with Crippen molar-refractivity contribution in [2.24, 2.45) is 0 Å². The number of hydrogen-bond acceptors (Lipinski definition) is 1. The van der Waals surface area contributed by atoms with Crippen LogP contribution in [0, 0.1) is 6.92 Å². The molecular weight excluding hydrogens is 170 g/mol. The summed E-state index contributed by atoms with van der Waals surface area (Å²) in [6.07, 6.45) is 1.58. The number of hydrogen-bond donors (Lipinski definition) is 1. The Hall–Kier alpha value is -0.960. The Kier molecular flexibility index (Phi) is 2.43. The molecule has 0 amide bonds. The average Bonchev–Trinajstić information content (AvgIpc) is 1.82. The molecule has 66 valence electrons. The van der Waals surface area contributed by atoms with Gasteiger partial charge >= 0.3 is 0 Å². The van der Waals surface area contributed by atoms with E-state index in [9.17, 15) is 4.21 Å². The Bertz CT molecular complexity index is 368. The Morgan fingerprint density at radius 1 is 1.50 bits per heavy atom. The number of anilines is 1. The van der Waals surface area contributed by atoms with E-state index in [4.69, 9.17) is 0 Å². The summed E-state index contributed by atoms with van der Waals surface area (Å²) >= 11 is 0. The third-order valence-corrected chi connectivity index (χ3v) is 2.02. The summed E-state index contributed by atoms with van der Waals surface area (Å²) in [6, 6.07) is 7.73. The summed E-state index contributed by atoms with van der Waals surface area (Å²) < 4.78 is 14.1. The van der Waals surface area contributed by atoms with Gasteiger partial charge < -0.3 is 4.72 Å². The lowest BCUT2D eigenvalue weighted by Crippen LogP contribution is -2.08. The molecule has 0 radical (unpaired) electrons. The van der Waals surface area contributed by atoms with Gasteiger partial charge in [0.1, 0.15) is 0 Å². The highest BCUT2D eigenvalue weighted by Gasteiger charge is 1.95. The second-order valence-corrected chi connectivity index (χ2v) is 5.19. The van der Waals surface area contributed by atoms with E-state index in [2.05, 4.69) is 10.6 Å². The highest BCUT2D eigenvalue weighted by molar-refractivity contribution is 8.00. The molecule has 12 heavy (non-hydrogen) atoms. The molecule has 0 spiro atoms. The van der Waals surface area contributed by atoms with Crippen molar-refractivity contribution in [3.05, 3.63) is 29.8 Å². The van der Waals surface area contributed by atoms with Crippen LogP contribution >= 0.6 is 0 Å². The minimum absolute atomic E-state index is 0.859. The molecule has 1 unspecified atom stereocenters. The van der Waals surface area contributed by atoms with Crippen molar-refractivity contribution in [3.8, 4) is 0 Å². The zero-order valence-electron chi connectivity index (χ0n) is 7.33. The molecule has 0 aliphatic heterocycles. The van der Waals surface area contributed by atoms with Gasteiger partial charge in [-0.05, 0) is 30.5 Å². The van der Waals surface area contributed by atoms with E-state index in [1.54, 1.807) is 6.26 Å². The van der Waals surface area contributed by atoms with Crippen molar-refractivity contribution in [1.29, 1.82) is 0 Å². The van der Waals surface area contributed by atoms with Gasteiger partial charge in [0.25, 0.3) is 0 Å². The molecule has 1 aromatic rings. The van der Waals surface area contributed by atoms with Gasteiger partial charge in [0.15, 0.2) is 0 Å². The van der Waals surface area contributed by atoms with E-state index < -0.39 is 9.71 Å². The van der Waals surface area contributed by atoms with E-state index >= 15 is 0 Å². The first-order valence-electron chi connectivity index (χ1n) is 3.64. The molecule has 3 heteroatoms. The first-order valence-corrected chi connectivity index (χ1v) is 5.77. The van der Waals surface area contributed by atoms with Crippen molar-refractivity contribution in [2.45, 2.75) is 6.92 Å². The molecular formula is C9H13NOS. The second-order valence-electron chi connectivity index (χ2n) is 2.98. The largest absolute Gasteiger partial charge is 0.313 e. The second kappa shape index (κ2) is 3.19. The Labute approximate surface area is 73.8 Å². The lowest BCUT2D eigenvalue weighted by Gasteiger charge is -2.07. The van der Waals surface area contributed by atoms with E-state index in [0.717, 1.165) is 11.3 Å². The average molecular weight is 183 g/mol. The lowest BCUT2D eigenvalue weighted by atomic mass is 10.2. The van der Waals surface area contributed by atoms with Gasteiger partial charge in [-0.1, -0.05) is 12.1 Å². The highest BCUT2D eigenvalue weighted by Crippen LogP contribution is 2.10. The van der Waals surface area contributed by atoms with Crippen molar-refractivity contribution in [2.75, 3.05) is 11.0 Å². The van der Waals surface area contributed by atoms with Gasteiger partial charge in [0, 0.05) is 21.7 Å². The van der Waals surface area contributed by atoms with Gasteiger partial charge in [0.05, 0.1) is 0 Å². The molecule has 0 fully saturated rings. The van der Waals surface area contributed by atoms with Crippen molar-refractivity contribution in [3.63, 3.8) is 0 Å². The maximum absolute atomic E-state index is 11.2. The summed E-state index contributed by atoms with van der Waals surface area (Å²) in [5.74, 6) is 3.51. The summed E-state index contributed by atoms with van der Waals surface area (Å²) in [5, 5.41) is 0. The molecule has 0 aliphatic rings. The van der Waals surface area contributed by atoms with E-state index in [1.807, 2.05) is 31.2 Å². The first-order chi connectivity index (χ1) is 5.47. The molecule has 1 aromatic carbocycles. The monoisotopic (exact) mass is 183 g/mol. The minimum Gasteiger partial charge on any atom is -0.313 e. The molecule has 1 atom stereocenters. The topological polar surface area (TPSA) is 29.1 Å². The van der Waals surface area contributed by atoms with Crippen LogP contribution in [0.25, 0.3) is 0 Å². The van der Waals surface area contributed by atoms with Crippen LogP contribution in [0.5, 0.6) is 0 Å². The molecule has 2 nitrogen and oxygen atoms in total. The van der Waals surface area contributed by atoms with Crippen LogP contribution in [-0.4, -0.2) is 16.3 Å². The molecule has 1 rings (SSSR count). The van der Waals surface area contributed by atoms with Crippen LogP contribution in [0.1, 0.15) is 5.56 Å². The van der Waals surface area contributed by atoms with Gasteiger partial charge in [-0.15, -0.1) is 0 Å². The van der Waals surface area contributed by atoms with Crippen molar-refractivity contribution in [1.82, 2.24) is 0 Å². The zero-order chi connectivity index (χ0) is 9.19. The van der Waals surface area contributed by atoms with Crippen LogP contribution < -0.4 is 4.72 Å². The highest BCUT2D eigenvalue weighted by atomic mass is 32.2. The predicted molar refractivity (Wildman–Crippen MR) is 56.0 cm³/mol. The lowest BCUT2D eigenvalue weighted by molar-refractivity contribution is 0.688. The van der Waals surface area contributed by atoms with Crippen LogP contribution in [0.15, 0.2) is 24.3 Å². The third kappa shape index (κ3) is 2.96. The smallest absolute Gasteiger partial charge is 0.0459 e. The zero-order valence-corrected chi connectivity index (χ0v) is 8.15. The predicted octanol–water partition coefficient (Wildman–Crippen LogP) is 1.67. The number of nitrogens with one attached hydrogen (secondary N) is 1. The van der Waals surface area contributed by atoms with E-state index in [0.29, 0.717) is 0 Å². The maximum atomic E-state index is 11.2. The quantitative estimate of drug-likeness (QED) is 0.694. The SMILES string of the molecule is C=S(C)(=O)Nc1cccc(C)c1. The fourth-order valence-electron chi connectivity index (χ4n) is 0.958. The molecule has 0 heterocycles. The molecule has 0 saturated heterocycles.